The van der Waals surface area contributed by atoms with Crippen LogP contribution < -0.4 is 0 Å². The van der Waals surface area contributed by atoms with Gasteiger partial charge in [0.05, 0.1) is 0 Å². The smallest absolute Gasteiger partial charge is 0.0443 e. The first-order chi connectivity index (χ1) is 2.77. The molecule has 0 heterocycles. The molecule has 1 atom stereocenters. The highest BCUT2D eigenvalue weighted by molar-refractivity contribution is 4.50. The fourth-order valence-electron chi connectivity index (χ4n) is 0.493. The fourth-order valence-corrected chi connectivity index (χ4v) is 0.493. The molecule has 0 saturated heterocycles. The molecule has 0 nitrogen and oxygen atoms in total. The lowest BCUT2D eigenvalue weighted by atomic mass is 10.1. The van der Waals surface area contributed by atoms with Gasteiger partial charge in [0.1, 0.15) is 0 Å². The first-order valence-electron chi connectivity index (χ1n) is 2.60. The molecule has 6 heavy (non-hydrogen) atoms. The minimum atomic E-state index is 0.648. The van der Waals surface area contributed by atoms with Gasteiger partial charge in [-0.2, -0.15) is 0 Å². The van der Waals surface area contributed by atoms with Crippen LogP contribution in [-0.4, -0.2) is 0 Å². The first-order valence-corrected chi connectivity index (χ1v) is 2.60. The van der Waals surface area contributed by atoms with Crippen molar-refractivity contribution in [3.05, 3.63) is 6.92 Å². The van der Waals surface area contributed by atoms with Gasteiger partial charge in [0.2, 0.25) is 0 Å². The van der Waals surface area contributed by atoms with Crippen molar-refractivity contribution in [1.29, 1.82) is 0 Å². The second-order valence-electron chi connectivity index (χ2n) is 1.89. The number of hydrogen-bond donors (Lipinski definition) is 0. The van der Waals surface area contributed by atoms with Crippen LogP contribution in [0.3, 0.4) is 0 Å². The van der Waals surface area contributed by atoms with Crippen LogP contribution in [-0.2, 0) is 0 Å². The van der Waals surface area contributed by atoms with Crippen molar-refractivity contribution >= 4 is 0 Å². The molecule has 1 radical (unpaired) electrons. The zero-order chi connectivity index (χ0) is 4.99. The molecule has 0 heteroatoms. The molecule has 37 valence electrons. The Morgan fingerprint density at radius 2 is 2.17 bits per heavy atom. The summed E-state index contributed by atoms with van der Waals surface area (Å²) in [6.45, 7) is 8.15. The van der Waals surface area contributed by atoms with E-state index in [4.69, 9.17) is 0 Å². The van der Waals surface area contributed by atoms with E-state index in [2.05, 4.69) is 20.8 Å². The van der Waals surface area contributed by atoms with Crippen molar-refractivity contribution in [1.82, 2.24) is 0 Å². The van der Waals surface area contributed by atoms with E-state index >= 15 is 0 Å². The van der Waals surface area contributed by atoms with Crippen LogP contribution in [0.5, 0.6) is 0 Å². The van der Waals surface area contributed by atoms with Crippen molar-refractivity contribution in [3.63, 3.8) is 0 Å². The molecule has 0 rings (SSSR count). The van der Waals surface area contributed by atoms with Crippen LogP contribution >= 0.6 is 0 Å². The van der Waals surface area contributed by atoms with Gasteiger partial charge in [-0.15, -0.1) is 0 Å². The molecule has 0 aliphatic carbocycles. The maximum atomic E-state index is 3.83. The van der Waals surface area contributed by atoms with E-state index in [0.29, 0.717) is 5.92 Å². The van der Waals surface area contributed by atoms with Crippen molar-refractivity contribution < 1.29 is 0 Å². The summed E-state index contributed by atoms with van der Waals surface area (Å²) in [5.41, 5.74) is 0. The third-order valence-electron chi connectivity index (χ3n) is 0.781. The molecule has 0 aliphatic heterocycles. The summed E-state index contributed by atoms with van der Waals surface area (Å²) in [7, 11) is 0. The Morgan fingerprint density at radius 3 is 2.17 bits per heavy atom. The summed E-state index contributed by atoms with van der Waals surface area (Å²) in [6.07, 6.45) is 2.53. The number of hydrogen-bond acceptors (Lipinski definition) is 0. The molecular formula is C6H13. The summed E-state index contributed by atoms with van der Waals surface area (Å²) >= 11 is 0. The normalized spacial score (nSPS) is 10.0. The van der Waals surface area contributed by atoms with Crippen LogP contribution in [0.4, 0.5) is 0 Å². The second-order valence-corrected chi connectivity index (χ2v) is 1.89. The van der Waals surface area contributed by atoms with Gasteiger partial charge >= 0.3 is 0 Å². The predicted molar refractivity (Wildman–Crippen MR) is 29.4 cm³/mol. The van der Waals surface area contributed by atoms with Crippen LogP contribution in [0.1, 0.15) is 26.7 Å². The van der Waals surface area contributed by atoms with E-state index in [9.17, 15) is 0 Å². The van der Waals surface area contributed by atoms with Gasteiger partial charge < -0.3 is 0 Å². The molecule has 0 saturated carbocycles. The second kappa shape index (κ2) is 3.20. The maximum absolute atomic E-state index is 3.83. The summed E-state index contributed by atoms with van der Waals surface area (Å²) in [6, 6.07) is 0. The summed E-state index contributed by atoms with van der Waals surface area (Å²) < 4.78 is 0. The lowest BCUT2D eigenvalue weighted by Gasteiger charge is -1.95. The zero-order valence-electron chi connectivity index (χ0n) is 4.70. The molecule has 0 N–H and O–H groups in total. The van der Waals surface area contributed by atoms with Crippen molar-refractivity contribution in [2.75, 3.05) is 0 Å². The van der Waals surface area contributed by atoms with Crippen molar-refractivity contribution in [3.8, 4) is 0 Å². The van der Waals surface area contributed by atoms with E-state index in [1.54, 1.807) is 0 Å². The molecule has 0 unspecified atom stereocenters. The summed E-state index contributed by atoms with van der Waals surface area (Å²) in [5, 5.41) is 0. The third-order valence-corrected chi connectivity index (χ3v) is 0.781. The minimum Gasteiger partial charge on any atom is -0.0654 e. The van der Waals surface area contributed by atoms with Crippen molar-refractivity contribution in [2.24, 2.45) is 5.92 Å². The van der Waals surface area contributed by atoms with Gasteiger partial charge in [-0.3, -0.25) is 0 Å². The highest BCUT2D eigenvalue weighted by Crippen LogP contribution is 1.99. The zero-order valence-corrected chi connectivity index (χ0v) is 4.70. The van der Waals surface area contributed by atoms with Gasteiger partial charge in [0, 0.05) is 0 Å². The van der Waals surface area contributed by atoms with Gasteiger partial charge in [-0.05, 0) is 5.92 Å². The van der Waals surface area contributed by atoms with E-state index < -0.39 is 0 Å². The average Bonchev–Trinajstić information content (AvgIpc) is 1.35. The quantitative estimate of drug-likeness (QED) is 0.482. The molecular weight excluding hydrogens is 72.1 g/mol. The Kier molecular flexibility index (Phi) is 3.20. The molecule has 0 aromatic heterocycles. The molecule has 0 amide bonds. The lowest BCUT2D eigenvalue weighted by molar-refractivity contribution is 0.630. The minimum absolute atomic E-state index is 0.648. The molecule has 0 aromatic rings. The topological polar surface area (TPSA) is 0 Å². The van der Waals surface area contributed by atoms with E-state index in [1.165, 1.54) is 12.8 Å². The van der Waals surface area contributed by atoms with Gasteiger partial charge in [0.15, 0.2) is 0 Å². The maximum Gasteiger partial charge on any atom is -0.0443 e. The average molecular weight is 85.2 g/mol. The Morgan fingerprint density at radius 1 is 1.67 bits per heavy atom. The standard InChI is InChI=1S/C6H13/c1-4-5-6(2)3/h6H,2,4-5H2,1,3H3/t6-/m0/s1. The van der Waals surface area contributed by atoms with Gasteiger partial charge in [0.25, 0.3) is 0 Å². The van der Waals surface area contributed by atoms with Crippen LogP contribution in [0, 0.1) is 12.8 Å². The van der Waals surface area contributed by atoms with E-state index in [0.717, 1.165) is 0 Å². The molecule has 0 aliphatic rings. The van der Waals surface area contributed by atoms with Crippen molar-refractivity contribution in [2.45, 2.75) is 26.7 Å². The number of rotatable bonds is 2. The van der Waals surface area contributed by atoms with Crippen LogP contribution in [0.25, 0.3) is 0 Å². The Balaban J connectivity index is 2.63. The fraction of sp³-hybridized carbons (Fsp3) is 0.833. The first kappa shape index (κ1) is 6.00. The van der Waals surface area contributed by atoms with Crippen LogP contribution in [0.2, 0.25) is 0 Å². The van der Waals surface area contributed by atoms with Crippen LogP contribution in [0.15, 0.2) is 0 Å². The summed E-state index contributed by atoms with van der Waals surface area (Å²) in [4.78, 5) is 0. The Hall–Kier alpha value is 0. The highest BCUT2D eigenvalue weighted by Gasteiger charge is 1.85. The molecule has 0 aromatic carbocycles. The molecule has 0 bridgehead atoms. The molecule has 0 fully saturated rings. The third kappa shape index (κ3) is 4.00. The van der Waals surface area contributed by atoms with Gasteiger partial charge in [-0.25, -0.2) is 0 Å². The van der Waals surface area contributed by atoms with E-state index in [1.807, 2.05) is 0 Å². The summed E-state index contributed by atoms with van der Waals surface area (Å²) in [5.74, 6) is 0.648. The monoisotopic (exact) mass is 85.1 g/mol. The Labute approximate surface area is 40.6 Å². The molecule has 0 spiro atoms. The SMILES string of the molecule is [CH2][C@@H](C)CCC. The Bertz CT molecular complexity index is 21.2. The highest BCUT2D eigenvalue weighted by atomic mass is 13.9. The van der Waals surface area contributed by atoms with Gasteiger partial charge in [-0.1, -0.05) is 33.6 Å². The van der Waals surface area contributed by atoms with E-state index in [-0.39, 0.29) is 0 Å². The predicted octanol–water partition coefficient (Wildman–Crippen LogP) is 2.26. The lowest BCUT2D eigenvalue weighted by Crippen LogP contribution is -1.82. The largest absolute Gasteiger partial charge is 0.0654 e.